The van der Waals surface area contributed by atoms with E-state index < -0.39 is 0 Å². The van der Waals surface area contributed by atoms with Gasteiger partial charge in [0.05, 0.1) is 5.01 Å². The van der Waals surface area contributed by atoms with Gasteiger partial charge in [0.25, 0.3) is 5.91 Å². The largest absolute Gasteiger partial charge is 0.330 e. The highest BCUT2D eigenvalue weighted by atomic mass is 35.5. The van der Waals surface area contributed by atoms with E-state index >= 15 is 0 Å². The van der Waals surface area contributed by atoms with Crippen molar-refractivity contribution in [1.29, 1.82) is 0 Å². The van der Waals surface area contributed by atoms with Gasteiger partial charge in [0, 0.05) is 30.4 Å². The number of hydrogen-bond acceptors (Lipinski definition) is 4. The molecule has 0 spiro atoms. The number of halogens is 2. The molecule has 22 heavy (non-hydrogen) atoms. The quantitative estimate of drug-likeness (QED) is 0.894. The highest BCUT2D eigenvalue weighted by Crippen LogP contribution is 2.30. The van der Waals surface area contributed by atoms with Crippen LogP contribution in [-0.4, -0.2) is 41.0 Å². The Bertz CT molecular complexity index is 481. The van der Waals surface area contributed by atoms with Gasteiger partial charge in [-0.1, -0.05) is 13.8 Å². The first-order chi connectivity index (χ1) is 9.65. The fourth-order valence-corrected chi connectivity index (χ4v) is 4.28. The van der Waals surface area contributed by atoms with E-state index in [1.54, 1.807) is 11.3 Å². The third-order valence-electron chi connectivity index (χ3n) is 4.24. The second-order valence-electron chi connectivity index (χ2n) is 6.31. The van der Waals surface area contributed by atoms with Crippen LogP contribution in [0.25, 0.3) is 0 Å². The average Bonchev–Trinajstić information content (AvgIpc) is 2.92. The summed E-state index contributed by atoms with van der Waals surface area (Å²) in [4.78, 5) is 19.4. The molecule has 0 radical (unpaired) electrons. The molecule has 7 heteroatoms. The Balaban J connectivity index is 0.00000121. The molecule has 2 aliphatic rings. The lowest BCUT2D eigenvalue weighted by atomic mass is 10.1. The number of carbonyl (C=O) groups excluding carboxylic acids is 1. The molecular formula is C15H25Cl2N3OS. The van der Waals surface area contributed by atoms with Crippen LogP contribution in [-0.2, 0) is 6.42 Å². The number of fused-ring (bicyclic) bond motifs is 2. The van der Waals surface area contributed by atoms with Crippen molar-refractivity contribution in [2.24, 2.45) is 5.92 Å². The Morgan fingerprint density at radius 2 is 2.09 bits per heavy atom. The van der Waals surface area contributed by atoms with Gasteiger partial charge in [-0.05, 0) is 31.7 Å². The monoisotopic (exact) mass is 365 g/mol. The van der Waals surface area contributed by atoms with E-state index in [0.29, 0.717) is 23.7 Å². The summed E-state index contributed by atoms with van der Waals surface area (Å²) < 4.78 is 0. The van der Waals surface area contributed by atoms with Gasteiger partial charge >= 0.3 is 0 Å². The van der Waals surface area contributed by atoms with Crippen LogP contribution >= 0.6 is 36.2 Å². The fourth-order valence-electron chi connectivity index (χ4n) is 3.30. The summed E-state index contributed by atoms with van der Waals surface area (Å²) in [6, 6.07) is 0.781. The lowest BCUT2D eigenvalue weighted by molar-refractivity contribution is 0.0675. The van der Waals surface area contributed by atoms with Crippen molar-refractivity contribution in [2.75, 3.05) is 13.1 Å². The Hall–Kier alpha value is -0.360. The first-order valence-corrected chi connectivity index (χ1v) is 8.51. The zero-order valence-corrected chi connectivity index (χ0v) is 15.5. The molecule has 3 heterocycles. The molecule has 1 amide bonds. The molecule has 4 nitrogen and oxygen atoms in total. The van der Waals surface area contributed by atoms with Gasteiger partial charge in [0.2, 0.25) is 0 Å². The minimum absolute atomic E-state index is 0. The van der Waals surface area contributed by atoms with Crippen LogP contribution in [0.2, 0.25) is 0 Å². The molecule has 3 rings (SSSR count). The predicted molar refractivity (Wildman–Crippen MR) is 95.6 cm³/mol. The molecular weight excluding hydrogens is 341 g/mol. The SMILES string of the molecule is CC(C)Cc1nc(C(=O)N2C3CCNCC2CC3)cs1.Cl.Cl. The van der Waals surface area contributed by atoms with Crippen LogP contribution in [0.4, 0.5) is 0 Å². The van der Waals surface area contributed by atoms with Gasteiger partial charge in [-0.2, -0.15) is 0 Å². The molecule has 1 aromatic rings. The maximum atomic E-state index is 12.8. The van der Waals surface area contributed by atoms with Crippen molar-refractivity contribution in [2.45, 2.75) is 51.6 Å². The number of nitrogens with one attached hydrogen (secondary N) is 1. The van der Waals surface area contributed by atoms with Gasteiger partial charge in [0.15, 0.2) is 0 Å². The van der Waals surface area contributed by atoms with E-state index in [-0.39, 0.29) is 30.7 Å². The van der Waals surface area contributed by atoms with Crippen LogP contribution in [0.15, 0.2) is 5.38 Å². The number of aromatic nitrogens is 1. The summed E-state index contributed by atoms with van der Waals surface area (Å²) in [5, 5.41) is 6.46. The van der Waals surface area contributed by atoms with E-state index in [4.69, 9.17) is 0 Å². The van der Waals surface area contributed by atoms with Crippen LogP contribution in [0.3, 0.4) is 0 Å². The average molecular weight is 366 g/mol. The number of nitrogens with zero attached hydrogens (tertiary/aromatic N) is 2. The van der Waals surface area contributed by atoms with Crippen LogP contribution < -0.4 is 5.32 Å². The van der Waals surface area contributed by atoms with Crippen molar-refractivity contribution in [3.05, 3.63) is 16.1 Å². The Kier molecular flexibility index (Phi) is 7.59. The number of thiazole rings is 1. The van der Waals surface area contributed by atoms with Gasteiger partial charge in [-0.25, -0.2) is 4.98 Å². The van der Waals surface area contributed by atoms with Crippen molar-refractivity contribution < 1.29 is 4.79 Å². The van der Waals surface area contributed by atoms with Gasteiger partial charge < -0.3 is 10.2 Å². The first kappa shape index (κ1) is 19.7. The molecule has 1 aromatic heterocycles. The summed E-state index contributed by atoms with van der Waals surface area (Å²) in [5.74, 6) is 0.732. The second kappa shape index (κ2) is 8.48. The summed E-state index contributed by atoms with van der Waals surface area (Å²) in [7, 11) is 0. The van der Waals surface area contributed by atoms with E-state index in [9.17, 15) is 4.79 Å². The minimum atomic E-state index is 0. The smallest absolute Gasteiger partial charge is 0.273 e. The summed E-state index contributed by atoms with van der Waals surface area (Å²) >= 11 is 1.62. The molecule has 2 saturated heterocycles. The minimum Gasteiger partial charge on any atom is -0.330 e. The van der Waals surface area contributed by atoms with Crippen LogP contribution in [0, 0.1) is 5.92 Å². The van der Waals surface area contributed by atoms with Gasteiger partial charge in [-0.3, -0.25) is 4.79 Å². The number of rotatable bonds is 3. The lowest BCUT2D eigenvalue weighted by Crippen LogP contribution is -2.42. The lowest BCUT2D eigenvalue weighted by Gasteiger charge is -2.27. The maximum Gasteiger partial charge on any atom is 0.273 e. The zero-order chi connectivity index (χ0) is 14.1. The molecule has 2 fully saturated rings. The molecule has 126 valence electrons. The van der Waals surface area contributed by atoms with E-state index in [1.807, 2.05) is 5.38 Å². The summed E-state index contributed by atoms with van der Waals surface area (Å²) in [6.45, 7) is 6.33. The van der Waals surface area contributed by atoms with Crippen molar-refractivity contribution >= 4 is 42.1 Å². The van der Waals surface area contributed by atoms with Gasteiger partial charge in [0.1, 0.15) is 5.69 Å². The molecule has 0 aromatic carbocycles. The fraction of sp³-hybridized carbons (Fsp3) is 0.733. The maximum absolute atomic E-state index is 12.8. The molecule has 2 aliphatic heterocycles. The normalized spacial score (nSPS) is 23.7. The topological polar surface area (TPSA) is 45.2 Å². The molecule has 0 saturated carbocycles. The van der Waals surface area contributed by atoms with Crippen LogP contribution in [0.5, 0.6) is 0 Å². The molecule has 2 bridgehead atoms. The van der Waals surface area contributed by atoms with E-state index in [0.717, 1.165) is 43.8 Å². The summed E-state index contributed by atoms with van der Waals surface area (Å²) in [6.07, 6.45) is 4.32. The standard InChI is InChI=1S/C15H23N3OS.2ClH/c1-10(2)7-14-17-13(9-20-14)15(19)18-11-3-4-12(18)8-16-6-5-11;;/h9-12,16H,3-8H2,1-2H3;2*1H. The number of hydrogen-bond donors (Lipinski definition) is 1. The first-order valence-electron chi connectivity index (χ1n) is 7.63. The van der Waals surface area contributed by atoms with E-state index in [1.165, 1.54) is 0 Å². The third kappa shape index (κ3) is 4.13. The highest BCUT2D eigenvalue weighted by molar-refractivity contribution is 7.09. The molecule has 0 aliphatic carbocycles. The molecule has 2 unspecified atom stereocenters. The van der Waals surface area contributed by atoms with Crippen molar-refractivity contribution in [3.8, 4) is 0 Å². The number of amides is 1. The van der Waals surface area contributed by atoms with Crippen molar-refractivity contribution in [1.82, 2.24) is 15.2 Å². The van der Waals surface area contributed by atoms with Gasteiger partial charge in [-0.15, -0.1) is 36.2 Å². The Morgan fingerprint density at radius 3 is 2.82 bits per heavy atom. The zero-order valence-electron chi connectivity index (χ0n) is 13.1. The Morgan fingerprint density at radius 1 is 1.36 bits per heavy atom. The molecule has 2 atom stereocenters. The summed E-state index contributed by atoms with van der Waals surface area (Å²) in [5.41, 5.74) is 0.657. The highest BCUT2D eigenvalue weighted by Gasteiger charge is 2.38. The number of carbonyl (C=O) groups is 1. The Labute approximate surface area is 148 Å². The third-order valence-corrected chi connectivity index (χ3v) is 5.11. The second-order valence-corrected chi connectivity index (χ2v) is 7.26. The van der Waals surface area contributed by atoms with Crippen LogP contribution in [0.1, 0.15) is 48.6 Å². The molecule has 1 N–H and O–H groups in total. The predicted octanol–water partition coefficient (Wildman–Crippen LogP) is 3.15. The van der Waals surface area contributed by atoms with Crippen molar-refractivity contribution in [3.63, 3.8) is 0 Å². The van der Waals surface area contributed by atoms with E-state index in [2.05, 4.69) is 29.0 Å².